The third kappa shape index (κ3) is 2.93. The Labute approximate surface area is 139 Å². The lowest BCUT2D eigenvalue weighted by Gasteiger charge is -2.29. The number of rotatable bonds is 2. The molecular formula is C17H21N3O2S. The summed E-state index contributed by atoms with van der Waals surface area (Å²) >= 11 is 1.73. The Morgan fingerprint density at radius 2 is 2.13 bits per heavy atom. The minimum absolute atomic E-state index is 0.0989. The third-order valence-electron chi connectivity index (χ3n) is 4.66. The number of carbonyl (C=O) groups is 1. The number of fused-ring (bicyclic) bond motifs is 1. The van der Waals surface area contributed by atoms with Gasteiger partial charge >= 0.3 is 0 Å². The molecule has 0 aliphatic carbocycles. The summed E-state index contributed by atoms with van der Waals surface area (Å²) in [6.45, 7) is 6.60. The molecule has 0 saturated carbocycles. The van der Waals surface area contributed by atoms with E-state index in [9.17, 15) is 4.79 Å². The molecule has 122 valence electrons. The van der Waals surface area contributed by atoms with E-state index >= 15 is 0 Å². The highest BCUT2D eigenvalue weighted by Gasteiger charge is 2.33. The predicted molar refractivity (Wildman–Crippen MR) is 92.1 cm³/mol. The van der Waals surface area contributed by atoms with Crippen molar-refractivity contribution in [2.24, 2.45) is 5.92 Å². The summed E-state index contributed by atoms with van der Waals surface area (Å²) in [5, 5.41) is 1.04. The van der Waals surface area contributed by atoms with E-state index in [2.05, 4.69) is 30.0 Å². The van der Waals surface area contributed by atoms with Gasteiger partial charge < -0.3 is 14.5 Å². The van der Waals surface area contributed by atoms with Crippen molar-refractivity contribution in [1.29, 1.82) is 0 Å². The van der Waals surface area contributed by atoms with Crippen molar-refractivity contribution in [1.82, 2.24) is 9.88 Å². The zero-order valence-electron chi connectivity index (χ0n) is 13.3. The molecule has 1 unspecified atom stereocenters. The van der Waals surface area contributed by atoms with E-state index in [1.165, 1.54) is 10.3 Å². The second kappa shape index (κ2) is 6.09. The van der Waals surface area contributed by atoms with Crippen molar-refractivity contribution in [2.45, 2.75) is 13.3 Å². The molecule has 23 heavy (non-hydrogen) atoms. The zero-order valence-corrected chi connectivity index (χ0v) is 14.1. The molecule has 1 amide bonds. The van der Waals surface area contributed by atoms with E-state index < -0.39 is 0 Å². The number of hydrogen-bond acceptors (Lipinski definition) is 5. The number of morpholine rings is 1. The molecule has 2 aliphatic heterocycles. The van der Waals surface area contributed by atoms with Crippen LogP contribution in [0.5, 0.6) is 0 Å². The SMILES string of the molecule is Cc1ccc2nc(N3CCC(C(=O)N4CCOCC4)C3)sc2c1. The van der Waals surface area contributed by atoms with Crippen molar-refractivity contribution < 1.29 is 9.53 Å². The van der Waals surface area contributed by atoms with Crippen molar-refractivity contribution in [3.63, 3.8) is 0 Å². The monoisotopic (exact) mass is 331 g/mol. The fraction of sp³-hybridized carbons (Fsp3) is 0.529. The van der Waals surface area contributed by atoms with Crippen LogP contribution in [0.15, 0.2) is 18.2 Å². The van der Waals surface area contributed by atoms with Crippen LogP contribution in [0.2, 0.25) is 0 Å². The summed E-state index contributed by atoms with van der Waals surface area (Å²) in [5.74, 6) is 0.384. The van der Waals surface area contributed by atoms with Crippen LogP contribution in [0.3, 0.4) is 0 Å². The molecule has 1 aromatic heterocycles. The van der Waals surface area contributed by atoms with E-state index in [1.54, 1.807) is 11.3 Å². The molecule has 2 saturated heterocycles. The van der Waals surface area contributed by atoms with Crippen LogP contribution in [-0.2, 0) is 9.53 Å². The number of thiazole rings is 1. The number of amides is 1. The van der Waals surface area contributed by atoms with Gasteiger partial charge in [-0.25, -0.2) is 4.98 Å². The Morgan fingerprint density at radius 1 is 1.30 bits per heavy atom. The third-order valence-corrected chi connectivity index (χ3v) is 5.74. The molecule has 0 radical (unpaired) electrons. The van der Waals surface area contributed by atoms with Gasteiger partial charge in [0, 0.05) is 26.2 Å². The quantitative estimate of drug-likeness (QED) is 0.847. The Morgan fingerprint density at radius 3 is 2.96 bits per heavy atom. The fourth-order valence-corrected chi connectivity index (χ4v) is 4.43. The first-order valence-corrected chi connectivity index (χ1v) is 9.01. The van der Waals surface area contributed by atoms with Gasteiger partial charge in [-0.1, -0.05) is 17.4 Å². The van der Waals surface area contributed by atoms with E-state index in [1.807, 2.05) is 4.90 Å². The minimum atomic E-state index is 0.0989. The Hall–Kier alpha value is -1.66. The zero-order chi connectivity index (χ0) is 15.8. The average Bonchev–Trinajstić information content (AvgIpc) is 3.21. The Bertz CT molecular complexity index is 724. The van der Waals surface area contributed by atoms with Gasteiger partial charge in [0.25, 0.3) is 0 Å². The molecule has 2 aliphatic rings. The predicted octanol–water partition coefficient (Wildman–Crippen LogP) is 2.29. The molecule has 2 aromatic rings. The van der Waals surface area contributed by atoms with Crippen LogP contribution in [-0.4, -0.2) is 55.2 Å². The Balaban J connectivity index is 1.47. The molecular weight excluding hydrogens is 310 g/mol. The van der Waals surface area contributed by atoms with Crippen LogP contribution >= 0.6 is 11.3 Å². The first-order valence-electron chi connectivity index (χ1n) is 8.19. The topological polar surface area (TPSA) is 45.7 Å². The van der Waals surface area contributed by atoms with Crippen molar-refractivity contribution >= 4 is 32.6 Å². The summed E-state index contributed by atoms with van der Waals surface area (Å²) in [6.07, 6.45) is 0.922. The molecule has 3 heterocycles. The molecule has 4 rings (SSSR count). The smallest absolute Gasteiger partial charge is 0.227 e. The lowest BCUT2D eigenvalue weighted by atomic mass is 10.1. The van der Waals surface area contributed by atoms with Gasteiger partial charge in [0.15, 0.2) is 5.13 Å². The summed E-state index contributed by atoms with van der Waals surface area (Å²) in [5.41, 5.74) is 2.31. The summed E-state index contributed by atoms with van der Waals surface area (Å²) in [4.78, 5) is 21.6. The molecule has 1 atom stereocenters. The van der Waals surface area contributed by atoms with Gasteiger partial charge in [-0.05, 0) is 31.0 Å². The number of nitrogens with zero attached hydrogens (tertiary/aromatic N) is 3. The van der Waals surface area contributed by atoms with Gasteiger partial charge in [-0.2, -0.15) is 0 Å². The van der Waals surface area contributed by atoms with Crippen LogP contribution in [0.1, 0.15) is 12.0 Å². The van der Waals surface area contributed by atoms with Crippen molar-refractivity contribution in [3.8, 4) is 0 Å². The molecule has 6 heteroatoms. The molecule has 1 aromatic carbocycles. The standard InChI is InChI=1S/C17H21N3O2S/c1-12-2-3-14-15(10-12)23-17(18-14)20-5-4-13(11-20)16(21)19-6-8-22-9-7-19/h2-3,10,13H,4-9,11H2,1H3. The number of benzene rings is 1. The van der Waals surface area contributed by atoms with Crippen molar-refractivity contribution in [3.05, 3.63) is 23.8 Å². The molecule has 0 spiro atoms. The molecule has 2 fully saturated rings. The average molecular weight is 331 g/mol. The van der Waals surface area contributed by atoms with E-state index in [0.717, 1.165) is 43.2 Å². The van der Waals surface area contributed by atoms with E-state index in [4.69, 9.17) is 9.72 Å². The van der Waals surface area contributed by atoms with Gasteiger partial charge in [0.1, 0.15) is 0 Å². The van der Waals surface area contributed by atoms with Crippen LogP contribution < -0.4 is 4.90 Å². The summed E-state index contributed by atoms with van der Waals surface area (Å²) < 4.78 is 6.56. The fourth-order valence-electron chi connectivity index (χ4n) is 3.33. The van der Waals surface area contributed by atoms with Crippen LogP contribution in [0, 0.1) is 12.8 Å². The number of carbonyl (C=O) groups excluding carboxylic acids is 1. The highest BCUT2D eigenvalue weighted by molar-refractivity contribution is 7.22. The lowest BCUT2D eigenvalue weighted by Crippen LogP contribution is -2.44. The first-order chi connectivity index (χ1) is 11.2. The normalized spacial score (nSPS) is 22.0. The van der Waals surface area contributed by atoms with Gasteiger partial charge in [0.05, 0.1) is 29.3 Å². The summed E-state index contributed by atoms with van der Waals surface area (Å²) in [6, 6.07) is 6.36. The second-order valence-corrected chi connectivity index (χ2v) is 7.35. The largest absolute Gasteiger partial charge is 0.378 e. The van der Waals surface area contributed by atoms with Crippen LogP contribution in [0.25, 0.3) is 10.2 Å². The lowest BCUT2D eigenvalue weighted by molar-refractivity contribution is -0.138. The van der Waals surface area contributed by atoms with Gasteiger partial charge in [-0.15, -0.1) is 0 Å². The van der Waals surface area contributed by atoms with Gasteiger partial charge in [0.2, 0.25) is 5.91 Å². The number of aromatic nitrogens is 1. The van der Waals surface area contributed by atoms with E-state index in [0.29, 0.717) is 13.2 Å². The first kappa shape index (κ1) is 14.9. The van der Waals surface area contributed by atoms with Crippen molar-refractivity contribution in [2.75, 3.05) is 44.3 Å². The minimum Gasteiger partial charge on any atom is -0.378 e. The molecule has 0 bridgehead atoms. The molecule has 5 nitrogen and oxygen atoms in total. The highest BCUT2D eigenvalue weighted by atomic mass is 32.1. The Kier molecular flexibility index (Phi) is 3.95. The maximum absolute atomic E-state index is 12.6. The van der Waals surface area contributed by atoms with Gasteiger partial charge in [-0.3, -0.25) is 4.79 Å². The highest BCUT2D eigenvalue weighted by Crippen LogP contribution is 2.33. The maximum Gasteiger partial charge on any atom is 0.227 e. The number of aryl methyl sites for hydroxylation is 1. The maximum atomic E-state index is 12.6. The number of ether oxygens (including phenoxy) is 1. The second-order valence-electron chi connectivity index (χ2n) is 6.34. The number of anilines is 1. The summed E-state index contributed by atoms with van der Waals surface area (Å²) in [7, 11) is 0. The molecule has 0 N–H and O–H groups in total. The van der Waals surface area contributed by atoms with E-state index in [-0.39, 0.29) is 11.8 Å². The van der Waals surface area contributed by atoms with Crippen LogP contribution in [0.4, 0.5) is 5.13 Å². The number of hydrogen-bond donors (Lipinski definition) is 0.